The molecule has 0 radical (unpaired) electrons. The fraction of sp³-hybridized carbons (Fsp3) is 0.308. The van der Waals surface area contributed by atoms with Crippen LogP contribution in [0.3, 0.4) is 0 Å². The fourth-order valence-electron chi connectivity index (χ4n) is 3.59. The summed E-state index contributed by atoms with van der Waals surface area (Å²) in [4.78, 5) is 13.1. The van der Waals surface area contributed by atoms with Gasteiger partial charge in [0.2, 0.25) is 0 Å². The number of rotatable bonds is 6. The van der Waals surface area contributed by atoms with E-state index in [0.29, 0.717) is 28.2 Å². The summed E-state index contributed by atoms with van der Waals surface area (Å²) in [5.74, 6) is 6.05. The quantitative estimate of drug-likeness (QED) is 0.327. The monoisotopic (exact) mass is 462 g/mol. The van der Waals surface area contributed by atoms with Gasteiger partial charge in [-0.05, 0) is 60.2 Å². The molecule has 8 heteroatoms. The highest BCUT2D eigenvalue weighted by molar-refractivity contribution is 6.04. The third-order valence-electron chi connectivity index (χ3n) is 5.87. The summed E-state index contributed by atoms with van der Waals surface area (Å²) >= 11 is 0. The second-order valence-corrected chi connectivity index (χ2v) is 9.54. The number of nitrogens with two attached hydrogens (primary N) is 2. The highest BCUT2D eigenvalue weighted by atomic mass is 16.3. The Bertz CT molecular complexity index is 1240. The normalized spacial score (nSPS) is 12.1. The first-order valence-corrected chi connectivity index (χ1v) is 11.1. The van der Waals surface area contributed by atoms with Gasteiger partial charge in [-0.3, -0.25) is 14.5 Å². The number of hydrogen-bond donors (Lipinski definition) is 4. The zero-order valence-corrected chi connectivity index (χ0v) is 20.7. The molecule has 0 spiro atoms. The highest BCUT2D eigenvalue weighted by Crippen LogP contribution is 2.27. The van der Waals surface area contributed by atoms with Gasteiger partial charge in [-0.1, -0.05) is 32.9 Å². The van der Waals surface area contributed by atoms with Crippen molar-refractivity contribution in [1.82, 2.24) is 9.78 Å². The van der Waals surface area contributed by atoms with Crippen LogP contribution in [0.4, 0.5) is 11.4 Å². The van der Waals surface area contributed by atoms with E-state index in [1.165, 1.54) is 5.01 Å². The molecule has 0 unspecified atom stereocenters. The van der Waals surface area contributed by atoms with Crippen molar-refractivity contribution < 1.29 is 9.90 Å². The van der Waals surface area contributed by atoms with Crippen LogP contribution in [0.2, 0.25) is 0 Å². The number of hydrazine groups is 1. The molecule has 1 aromatic heterocycles. The van der Waals surface area contributed by atoms with Gasteiger partial charge in [-0.25, -0.2) is 5.84 Å². The van der Waals surface area contributed by atoms with E-state index in [2.05, 4.69) is 31.2 Å². The van der Waals surface area contributed by atoms with Gasteiger partial charge in [0, 0.05) is 35.8 Å². The maximum absolute atomic E-state index is 13.1. The Morgan fingerprint density at radius 2 is 1.91 bits per heavy atom. The van der Waals surface area contributed by atoms with Gasteiger partial charge < -0.3 is 16.2 Å². The SMILES string of the molecule is Cc1ccc(NC(=O)c2cc(CO)cc(C(C)(C)C)c2)cc1N(N)/C=C(\N)c1cnn(C)c1C. The van der Waals surface area contributed by atoms with Crippen LogP contribution in [0.25, 0.3) is 5.70 Å². The van der Waals surface area contributed by atoms with Crippen LogP contribution in [-0.4, -0.2) is 20.8 Å². The Hall–Kier alpha value is -3.62. The molecule has 0 aliphatic rings. The second-order valence-electron chi connectivity index (χ2n) is 9.54. The molecule has 34 heavy (non-hydrogen) atoms. The van der Waals surface area contributed by atoms with Gasteiger partial charge in [0.25, 0.3) is 5.91 Å². The lowest BCUT2D eigenvalue weighted by molar-refractivity contribution is 0.102. The van der Waals surface area contributed by atoms with E-state index in [9.17, 15) is 9.90 Å². The number of aryl methyl sites for hydroxylation is 2. The number of amides is 1. The molecule has 0 aliphatic carbocycles. The van der Waals surface area contributed by atoms with Crippen LogP contribution >= 0.6 is 0 Å². The molecule has 1 heterocycles. The number of carbonyl (C=O) groups is 1. The molecule has 6 N–H and O–H groups in total. The number of aliphatic hydroxyl groups is 1. The van der Waals surface area contributed by atoms with E-state index in [1.54, 1.807) is 29.2 Å². The van der Waals surface area contributed by atoms with Gasteiger partial charge in [0.05, 0.1) is 24.2 Å². The number of carbonyl (C=O) groups excluding carboxylic acids is 1. The number of nitrogens with one attached hydrogen (secondary N) is 1. The predicted octanol–water partition coefficient (Wildman–Crippen LogP) is 3.72. The summed E-state index contributed by atoms with van der Waals surface area (Å²) in [6.45, 7) is 9.94. The summed E-state index contributed by atoms with van der Waals surface area (Å²) in [6.07, 6.45) is 3.34. The summed E-state index contributed by atoms with van der Waals surface area (Å²) in [5.41, 5.74) is 12.7. The molecule has 3 rings (SSSR count). The molecule has 8 nitrogen and oxygen atoms in total. The molecular formula is C26H34N6O2. The fourth-order valence-corrected chi connectivity index (χ4v) is 3.59. The van der Waals surface area contributed by atoms with Gasteiger partial charge in [-0.15, -0.1) is 0 Å². The first-order valence-electron chi connectivity index (χ1n) is 11.1. The van der Waals surface area contributed by atoms with E-state index >= 15 is 0 Å². The lowest BCUT2D eigenvalue weighted by atomic mass is 9.85. The summed E-state index contributed by atoms with van der Waals surface area (Å²) in [5, 5.41) is 18.3. The zero-order valence-electron chi connectivity index (χ0n) is 20.7. The Labute approximate surface area is 200 Å². The standard InChI is InChI=1S/C26H34N6O2/c1-16-7-8-21(12-24(16)32(28)14-23(27)22-13-29-31(6)17(22)2)30-25(34)19-9-18(15-33)10-20(11-19)26(3,4)5/h7-14,33H,15,27-28H2,1-6H3,(H,30,34)/b23-14-. The van der Waals surface area contributed by atoms with E-state index < -0.39 is 0 Å². The minimum atomic E-state index is -0.264. The average molecular weight is 463 g/mol. The Morgan fingerprint density at radius 1 is 1.21 bits per heavy atom. The molecule has 2 aromatic carbocycles. The van der Waals surface area contributed by atoms with Crippen molar-refractivity contribution in [1.29, 1.82) is 0 Å². The summed E-state index contributed by atoms with van der Waals surface area (Å²) in [7, 11) is 1.85. The number of hydrogen-bond acceptors (Lipinski definition) is 6. The predicted molar refractivity (Wildman–Crippen MR) is 137 cm³/mol. The first-order chi connectivity index (χ1) is 15.9. The maximum atomic E-state index is 13.1. The largest absolute Gasteiger partial charge is 0.397 e. The Balaban J connectivity index is 1.87. The molecule has 0 fully saturated rings. The number of nitrogens with zero attached hydrogens (tertiary/aromatic N) is 3. The topological polar surface area (TPSA) is 122 Å². The molecular weight excluding hydrogens is 428 g/mol. The lowest BCUT2D eigenvalue weighted by Gasteiger charge is -2.21. The van der Waals surface area contributed by atoms with Crippen LogP contribution in [-0.2, 0) is 19.1 Å². The average Bonchev–Trinajstić information content (AvgIpc) is 3.12. The Kier molecular flexibility index (Phi) is 7.14. The highest BCUT2D eigenvalue weighted by Gasteiger charge is 2.18. The van der Waals surface area contributed by atoms with Gasteiger partial charge >= 0.3 is 0 Å². The lowest BCUT2D eigenvalue weighted by Crippen LogP contribution is -2.26. The van der Waals surface area contributed by atoms with Crippen molar-refractivity contribution >= 4 is 23.0 Å². The van der Waals surface area contributed by atoms with Crippen LogP contribution in [0, 0.1) is 13.8 Å². The number of benzene rings is 2. The van der Waals surface area contributed by atoms with Crippen molar-refractivity contribution in [3.05, 3.63) is 82.3 Å². The molecule has 3 aromatic rings. The molecule has 180 valence electrons. The smallest absolute Gasteiger partial charge is 0.255 e. The van der Waals surface area contributed by atoms with E-state index in [4.69, 9.17) is 11.6 Å². The van der Waals surface area contributed by atoms with Crippen LogP contribution in [0.5, 0.6) is 0 Å². The van der Waals surface area contributed by atoms with Crippen molar-refractivity contribution in [2.75, 3.05) is 10.3 Å². The van der Waals surface area contributed by atoms with Crippen molar-refractivity contribution in [2.24, 2.45) is 18.6 Å². The molecule has 0 atom stereocenters. The second kappa shape index (κ2) is 9.70. The van der Waals surface area contributed by atoms with Crippen molar-refractivity contribution in [3.8, 4) is 0 Å². The zero-order chi connectivity index (χ0) is 25.2. The molecule has 0 aliphatic heterocycles. The third-order valence-corrected chi connectivity index (χ3v) is 5.87. The van der Waals surface area contributed by atoms with E-state index in [1.807, 2.05) is 45.2 Å². The van der Waals surface area contributed by atoms with Crippen molar-refractivity contribution in [3.63, 3.8) is 0 Å². The molecule has 0 saturated carbocycles. The van der Waals surface area contributed by atoms with Crippen molar-refractivity contribution in [2.45, 2.75) is 46.6 Å². The van der Waals surface area contributed by atoms with E-state index in [0.717, 1.165) is 22.4 Å². The van der Waals surface area contributed by atoms with Crippen LogP contribution in [0.1, 0.15) is 59.1 Å². The Morgan fingerprint density at radius 3 is 2.50 bits per heavy atom. The number of aliphatic hydroxyl groups excluding tert-OH is 1. The van der Waals surface area contributed by atoms with E-state index in [-0.39, 0.29) is 17.9 Å². The molecule has 0 bridgehead atoms. The van der Waals surface area contributed by atoms with Gasteiger partial charge in [0.1, 0.15) is 0 Å². The minimum Gasteiger partial charge on any atom is -0.397 e. The number of anilines is 2. The summed E-state index contributed by atoms with van der Waals surface area (Å²) < 4.78 is 1.75. The third kappa shape index (κ3) is 5.47. The van der Waals surface area contributed by atoms with Crippen LogP contribution < -0.4 is 21.9 Å². The first kappa shape index (κ1) is 25.0. The van der Waals surface area contributed by atoms with Gasteiger partial charge in [0.15, 0.2) is 0 Å². The van der Waals surface area contributed by atoms with Crippen LogP contribution in [0.15, 0.2) is 48.8 Å². The molecule has 0 saturated heterocycles. The maximum Gasteiger partial charge on any atom is 0.255 e. The molecule has 1 amide bonds. The summed E-state index contributed by atoms with van der Waals surface area (Å²) in [6, 6.07) is 11.0. The number of aromatic nitrogens is 2. The minimum absolute atomic E-state index is 0.134. The van der Waals surface area contributed by atoms with Gasteiger partial charge in [-0.2, -0.15) is 5.10 Å².